The molecule has 14 heteroatoms. The van der Waals surface area contributed by atoms with Gasteiger partial charge >= 0.3 is 6.09 Å². The van der Waals surface area contributed by atoms with E-state index in [4.69, 9.17) is 28.9 Å². The van der Waals surface area contributed by atoms with Crippen LogP contribution in [0.5, 0.6) is 5.75 Å². The fourth-order valence-electron chi connectivity index (χ4n) is 12.5. The minimum Gasteiger partial charge on any atom is -0.488 e. The van der Waals surface area contributed by atoms with Crippen molar-refractivity contribution in [1.82, 2.24) is 35.1 Å². The molecular formula is C54H68N7O7. The van der Waals surface area contributed by atoms with Crippen LogP contribution in [0.3, 0.4) is 0 Å². The number of fused-ring (bicyclic) bond motifs is 6. The van der Waals surface area contributed by atoms with Gasteiger partial charge in [-0.15, -0.1) is 0 Å². The molecule has 0 aliphatic carbocycles. The number of ether oxygens (including phenoxy) is 4. The average molecular weight is 927 g/mol. The molecule has 68 heavy (non-hydrogen) atoms. The van der Waals surface area contributed by atoms with Gasteiger partial charge in [-0.1, -0.05) is 25.1 Å². The molecule has 0 saturated carbocycles. The highest BCUT2D eigenvalue weighted by Gasteiger charge is 2.46. The van der Waals surface area contributed by atoms with E-state index in [9.17, 15) is 14.4 Å². The minimum absolute atomic E-state index is 0.0263. The first-order valence-electron chi connectivity index (χ1n) is 25.3. The number of alkyl carbamates (subject to hydrolysis) is 1. The average Bonchev–Trinajstić information content (AvgIpc) is 4.13. The van der Waals surface area contributed by atoms with E-state index in [1.165, 1.54) is 0 Å². The molecule has 0 bridgehead atoms. The molecule has 0 spiro atoms. The molecule has 10 atom stereocenters. The van der Waals surface area contributed by atoms with Crippen LogP contribution in [-0.4, -0.2) is 96.8 Å². The SMILES string of the molecule is CCOC(=O)NC(C(=O)N1C(C)CCC1c1nc2ccc3cc4c(cc3c2[nH]1)OCc1cc(-c2cnc([C@H]3CC[C@H](C)N3C(=O)[C](CC)C3CC(C)OC(C)C3)[nH]2)ccc1-4)C1CC(C)O[C@H](C)C1. The second-order valence-electron chi connectivity index (χ2n) is 20.5. The summed E-state index contributed by atoms with van der Waals surface area (Å²) in [4.78, 5) is 63.3. The molecule has 5 aliphatic heterocycles. The van der Waals surface area contributed by atoms with Gasteiger partial charge in [-0.2, -0.15) is 0 Å². The first-order chi connectivity index (χ1) is 32.8. The van der Waals surface area contributed by atoms with Gasteiger partial charge in [0.2, 0.25) is 11.8 Å². The van der Waals surface area contributed by atoms with Gasteiger partial charge in [-0.05, 0) is 164 Å². The van der Waals surface area contributed by atoms with Crippen LogP contribution in [0.2, 0.25) is 0 Å². The molecule has 14 nitrogen and oxygen atoms in total. The summed E-state index contributed by atoms with van der Waals surface area (Å²) in [5.74, 6) is 3.59. The van der Waals surface area contributed by atoms with Crippen LogP contribution in [0.1, 0.15) is 142 Å². The molecule has 5 aromatic rings. The van der Waals surface area contributed by atoms with Crippen LogP contribution in [0.4, 0.5) is 4.79 Å². The van der Waals surface area contributed by atoms with Crippen molar-refractivity contribution in [3.63, 3.8) is 0 Å². The van der Waals surface area contributed by atoms with Gasteiger partial charge in [0.05, 0.1) is 71.9 Å². The van der Waals surface area contributed by atoms with Gasteiger partial charge in [-0.3, -0.25) is 9.59 Å². The minimum atomic E-state index is -0.742. The number of hydrogen-bond acceptors (Lipinski definition) is 9. The number of nitrogens with zero attached hydrogens (tertiary/aromatic N) is 4. The Morgan fingerprint density at radius 2 is 1.49 bits per heavy atom. The van der Waals surface area contributed by atoms with Crippen LogP contribution in [0.15, 0.2) is 48.7 Å². The maximum Gasteiger partial charge on any atom is 0.407 e. The second kappa shape index (κ2) is 18.8. The predicted molar refractivity (Wildman–Crippen MR) is 260 cm³/mol. The van der Waals surface area contributed by atoms with Crippen molar-refractivity contribution in [2.45, 2.75) is 174 Å². The molecule has 3 amide bonds. The Bertz CT molecular complexity index is 2680. The molecular weight excluding hydrogens is 859 g/mol. The topological polar surface area (TPSA) is 164 Å². The van der Waals surface area contributed by atoms with Gasteiger partial charge in [0, 0.05) is 23.0 Å². The van der Waals surface area contributed by atoms with Crippen LogP contribution in [0.25, 0.3) is 44.2 Å². The van der Waals surface area contributed by atoms with E-state index in [0.29, 0.717) is 19.4 Å². The van der Waals surface area contributed by atoms with Gasteiger partial charge < -0.3 is 44.0 Å². The first kappa shape index (κ1) is 46.3. The molecule has 3 N–H and O–H groups in total. The van der Waals surface area contributed by atoms with E-state index in [2.05, 4.69) is 91.2 Å². The van der Waals surface area contributed by atoms with Crippen molar-refractivity contribution in [3.8, 4) is 28.1 Å². The first-order valence-corrected chi connectivity index (χ1v) is 25.3. The number of aromatic amines is 2. The van der Waals surface area contributed by atoms with Crippen molar-refractivity contribution >= 4 is 39.7 Å². The summed E-state index contributed by atoms with van der Waals surface area (Å²) in [6, 6.07) is 13.9. The Hall–Kier alpha value is -5.47. The van der Waals surface area contributed by atoms with Crippen molar-refractivity contribution in [2.24, 2.45) is 11.8 Å². The number of nitrogens with one attached hydrogen (secondary N) is 3. The highest BCUT2D eigenvalue weighted by atomic mass is 16.5. The zero-order chi connectivity index (χ0) is 47.5. The van der Waals surface area contributed by atoms with Gasteiger partial charge in [-0.25, -0.2) is 14.8 Å². The fourth-order valence-corrected chi connectivity index (χ4v) is 12.5. The quantitative estimate of drug-likeness (QED) is 0.124. The van der Waals surface area contributed by atoms with Crippen LogP contribution in [0, 0.1) is 17.8 Å². The summed E-state index contributed by atoms with van der Waals surface area (Å²) in [5, 5.41) is 5.00. The zero-order valence-electron chi connectivity index (χ0n) is 40.9. The van der Waals surface area contributed by atoms with E-state index in [1.54, 1.807) is 6.92 Å². The van der Waals surface area contributed by atoms with Gasteiger partial charge in [0.1, 0.15) is 30.0 Å². The van der Waals surface area contributed by atoms with E-state index < -0.39 is 12.1 Å². The number of benzene rings is 3. The number of H-pyrrole nitrogens is 2. The summed E-state index contributed by atoms with van der Waals surface area (Å²) in [6.07, 6.45) is 8.78. The Morgan fingerprint density at radius 3 is 2.19 bits per heavy atom. The van der Waals surface area contributed by atoms with Gasteiger partial charge in [0.15, 0.2) is 0 Å². The summed E-state index contributed by atoms with van der Waals surface area (Å²) in [7, 11) is 0. The molecule has 5 aliphatic rings. The lowest BCUT2D eigenvalue weighted by Gasteiger charge is -2.39. The lowest BCUT2D eigenvalue weighted by molar-refractivity contribution is -0.140. The Morgan fingerprint density at radius 1 is 0.794 bits per heavy atom. The molecule has 361 valence electrons. The lowest BCUT2D eigenvalue weighted by Crippen LogP contribution is -2.55. The molecule has 4 fully saturated rings. The predicted octanol–water partition coefficient (Wildman–Crippen LogP) is 10.3. The summed E-state index contributed by atoms with van der Waals surface area (Å²) < 4.78 is 23.9. The number of carbonyl (C=O) groups is 3. The molecule has 10 rings (SSSR count). The third kappa shape index (κ3) is 8.64. The van der Waals surface area contributed by atoms with Crippen LogP contribution in [-0.2, 0) is 30.4 Å². The number of carbonyl (C=O) groups excluding carboxylic acids is 3. The van der Waals surface area contributed by atoms with E-state index in [1.807, 2.05) is 31.0 Å². The maximum absolute atomic E-state index is 14.7. The highest BCUT2D eigenvalue weighted by Crippen LogP contribution is 2.45. The Kier molecular flexibility index (Phi) is 12.8. The molecule has 3 aromatic carbocycles. The highest BCUT2D eigenvalue weighted by molar-refractivity contribution is 6.07. The number of likely N-dealkylation sites (tertiary alicyclic amines) is 2. The van der Waals surface area contributed by atoms with Crippen LogP contribution < -0.4 is 10.1 Å². The number of amides is 3. The number of rotatable bonds is 10. The number of hydrogen-bond donors (Lipinski definition) is 3. The van der Waals surface area contributed by atoms with Gasteiger partial charge in [0.25, 0.3) is 0 Å². The second-order valence-corrected chi connectivity index (χ2v) is 20.5. The van der Waals surface area contributed by atoms with E-state index in [0.717, 1.165) is 118 Å². The lowest BCUT2D eigenvalue weighted by atomic mass is 9.79. The smallest absolute Gasteiger partial charge is 0.407 e. The normalized spacial score (nSPS) is 28.7. The zero-order valence-corrected chi connectivity index (χ0v) is 40.9. The summed E-state index contributed by atoms with van der Waals surface area (Å²) in [5.41, 5.74) is 6.89. The van der Waals surface area contributed by atoms with E-state index in [-0.39, 0.29) is 78.8 Å². The monoisotopic (exact) mass is 927 g/mol. The standard InChI is InChI=1S/C54H68N7O7/c1-9-39(36-19-30(5)67-31(6)20-36)52(62)60-28(3)11-17-45(60)50-55-26-44(57-50)35-13-15-40-38(23-35)27-66-47-25-41-34(24-42(40)47)14-16-43-49(41)58-51(56-43)46-18-12-29(4)61(46)53(63)48(59-54(64)65-10-2)37-21-32(7)68-33(8)22-37/h13-16,23-26,28-33,36-37,45-46,48H,9-12,17-22,27H2,1-8H3,(H,55,57)(H,56,58)(H,59,64)/t28-,29?,30?,31?,32+,33?,36?,37?,45+,46?,48?/m0/s1. The Balaban J connectivity index is 0.889. The van der Waals surface area contributed by atoms with E-state index >= 15 is 0 Å². The molecule has 1 radical (unpaired) electrons. The summed E-state index contributed by atoms with van der Waals surface area (Å²) >= 11 is 0. The molecule has 2 aromatic heterocycles. The molecule has 7 unspecified atom stereocenters. The van der Waals surface area contributed by atoms with Crippen LogP contribution >= 0.6 is 0 Å². The summed E-state index contributed by atoms with van der Waals surface area (Å²) in [6.45, 7) is 17.0. The fraction of sp³-hybridized carbons (Fsp3) is 0.556. The maximum atomic E-state index is 14.7. The Labute approximate surface area is 399 Å². The van der Waals surface area contributed by atoms with Crippen molar-refractivity contribution in [3.05, 3.63) is 71.8 Å². The molecule has 7 heterocycles. The number of imidazole rings is 2. The van der Waals surface area contributed by atoms with Crippen molar-refractivity contribution in [2.75, 3.05) is 6.61 Å². The molecule has 4 saturated heterocycles. The third-order valence-corrected chi connectivity index (χ3v) is 15.6. The number of aromatic nitrogens is 4. The van der Waals surface area contributed by atoms with Crippen molar-refractivity contribution < 1.29 is 33.3 Å². The van der Waals surface area contributed by atoms with Crippen molar-refractivity contribution in [1.29, 1.82) is 0 Å². The third-order valence-electron chi connectivity index (χ3n) is 15.6. The largest absolute Gasteiger partial charge is 0.488 e.